The maximum absolute atomic E-state index is 12.6. The fourth-order valence-corrected chi connectivity index (χ4v) is 5.52. The number of ether oxygens (including phenoxy) is 2. The van der Waals surface area contributed by atoms with Gasteiger partial charge in [0.1, 0.15) is 11.5 Å². The van der Waals surface area contributed by atoms with E-state index in [1.54, 1.807) is 38.5 Å². The zero-order chi connectivity index (χ0) is 20.9. The molecule has 6 nitrogen and oxygen atoms in total. The molecule has 156 valence electrons. The summed E-state index contributed by atoms with van der Waals surface area (Å²) in [6, 6.07) is 11.9. The van der Waals surface area contributed by atoms with Crippen molar-refractivity contribution in [3.8, 4) is 11.5 Å². The van der Waals surface area contributed by atoms with Gasteiger partial charge in [-0.2, -0.15) is 0 Å². The first-order valence-corrected chi connectivity index (χ1v) is 11.3. The van der Waals surface area contributed by atoms with Gasteiger partial charge in [-0.1, -0.05) is 12.8 Å². The molecule has 0 radical (unpaired) electrons. The van der Waals surface area contributed by atoms with E-state index in [1.165, 1.54) is 0 Å². The number of methoxy groups -OCH3 is 2. The molecule has 0 unspecified atom stereocenters. The van der Waals surface area contributed by atoms with E-state index >= 15 is 0 Å². The zero-order valence-corrected chi connectivity index (χ0v) is 17.6. The largest absolute Gasteiger partial charge is 0.497 e. The number of sulfone groups is 1. The molecule has 2 aromatic carbocycles. The third-order valence-corrected chi connectivity index (χ3v) is 7.59. The van der Waals surface area contributed by atoms with Crippen LogP contribution in [0.2, 0.25) is 0 Å². The summed E-state index contributed by atoms with van der Waals surface area (Å²) in [5.74, 6) is 1.27. The van der Waals surface area contributed by atoms with Crippen LogP contribution in [0.15, 0.2) is 47.4 Å². The highest BCUT2D eigenvalue weighted by Crippen LogP contribution is 2.30. The third-order valence-electron chi connectivity index (χ3n) is 5.32. The number of carbonyl (C=O) groups is 1. The van der Waals surface area contributed by atoms with E-state index < -0.39 is 9.84 Å². The van der Waals surface area contributed by atoms with E-state index in [2.05, 4.69) is 5.32 Å². The number of carbonyl (C=O) groups excluding carboxylic acids is 1. The van der Waals surface area contributed by atoms with E-state index in [4.69, 9.17) is 9.47 Å². The number of rotatable bonds is 8. The standard InChI is InChI=1S/C22H27NO5S/c1-27-18-10-13-21(28-2)16(15-18)7-14-22(24)23-17-8-11-20(12-9-17)29(25,26)19-5-3-4-6-19/h8-13,15,19H,3-7,14H2,1-2H3,(H,23,24). The van der Waals surface area contributed by atoms with E-state index in [0.717, 1.165) is 31.2 Å². The van der Waals surface area contributed by atoms with Gasteiger partial charge in [-0.3, -0.25) is 4.79 Å². The van der Waals surface area contributed by atoms with Crippen LogP contribution in [0.3, 0.4) is 0 Å². The number of amides is 1. The summed E-state index contributed by atoms with van der Waals surface area (Å²) < 4.78 is 35.8. The second kappa shape index (κ2) is 9.31. The highest BCUT2D eigenvalue weighted by Gasteiger charge is 2.30. The Kier molecular flexibility index (Phi) is 6.79. The van der Waals surface area contributed by atoms with Gasteiger partial charge in [0, 0.05) is 12.1 Å². The van der Waals surface area contributed by atoms with Crippen LogP contribution in [0.5, 0.6) is 11.5 Å². The Morgan fingerprint density at radius 1 is 1.03 bits per heavy atom. The number of benzene rings is 2. The Morgan fingerprint density at radius 2 is 1.72 bits per heavy atom. The van der Waals surface area contributed by atoms with Crippen molar-refractivity contribution in [3.05, 3.63) is 48.0 Å². The normalized spacial score (nSPS) is 14.6. The van der Waals surface area contributed by atoms with Crippen LogP contribution in [0.1, 0.15) is 37.7 Å². The first-order chi connectivity index (χ1) is 13.9. The number of anilines is 1. The van der Waals surface area contributed by atoms with Crippen LogP contribution >= 0.6 is 0 Å². The molecule has 1 fully saturated rings. The summed E-state index contributed by atoms with van der Waals surface area (Å²) in [5.41, 5.74) is 1.47. The van der Waals surface area contributed by atoms with Crippen molar-refractivity contribution in [1.82, 2.24) is 0 Å². The molecule has 1 aliphatic rings. The molecule has 29 heavy (non-hydrogen) atoms. The lowest BCUT2D eigenvalue weighted by molar-refractivity contribution is -0.116. The Balaban J connectivity index is 1.60. The Hall–Kier alpha value is -2.54. The van der Waals surface area contributed by atoms with Crippen LogP contribution in [0.4, 0.5) is 5.69 Å². The molecule has 0 atom stereocenters. The first-order valence-electron chi connectivity index (χ1n) is 9.79. The topological polar surface area (TPSA) is 81.7 Å². The molecule has 0 aromatic heterocycles. The minimum Gasteiger partial charge on any atom is -0.497 e. The molecular weight excluding hydrogens is 390 g/mol. The highest BCUT2D eigenvalue weighted by molar-refractivity contribution is 7.92. The van der Waals surface area contributed by atoms with Crippen molar-refractivity contribution in [3.63, 3.8) is 0 Å². The van der Waals surface area contributed by atoms with E-state index in [1.807, 2.05) is 18.2 Å². The summed E-state index contributed by atoms with van der Waals surface area (Å²) >= 11 is 0. The lowest BCUT2D eigenvalue weighted by Gasteiger charge is -2.12. The molecule has 3 rings (SSSR count). The van der Waals surface area contributed by atoms with Gasteiger partial charge in [0.25, 0.3) is 0 Å². The molecule has 1 amide bonds. The maximum atomic E-state index is 12.6. The van der Waals surface area contributed by atoms with Gasteiger partial charge in [0.05, 0.1) is 24.4 Å². The lowest BCUT2D eigenvalue weighted by Crippen LogP contribution is -2.18. The van der Waals surface area contributed by atoms with Crippen molar-refractivity contribution < 1.29 is 22.7 Å². The Bertz CT molecular complexity index is 948. The monoisotopic (exact) mass is 417 g/mol. The smallest absolute Gasteiger partial charge is 0.224 e. The molecule has 0 saturated heterocycles. The molecule has 2 aromatic rings. The highest BCUT2D eigenvalue weighted by atomic mass is 32.2. The molecular formula is C22H27NO5S. The second-order valence-electron chi connectivity index (χ2n) is 7.20. The Morgan fingerprint density at radius 3 is 2.34 bits per heavy atom. The van der Waals surface area contributed by atoms with Crippen LogP contribution in [0.25, 0.3) is 0 Å². The van der Waals surface area contributed by atoms with Crippen molar-refractivity contribution in [2.45, 2.75) is 48.7 Å². The van der Waals surface area contributed by atoms with Crippen LogP contribution in [-0.2, 0) is 21.1 Å². The number of nitrogens with one attached hydrogen (secondary N) is 1. The first kappa shape index (κ1) is 21.2. The molecule has 1 N–H and O–H groups in total. The zero-order valence-electron chi connectivity index (χ0n) is 16.8. The molecule has 7 heteroatoms. The van der Waals surface area contributed by atoms with Crippen molar-refractivity contribution in [2.24, 2.45) is 0 Å². The summed E-state index contributed by atoms with van der Waals surface area (Å²) in [6.07, 6.45) is 4.17. The number of aryl methyl sites for hydroxylation is 1. The van der Waals surface area contributed by atoms with E-state index in [0.29, 0.717) is 28.5 Å². The molecule has 1 aliphatic carbocycles. The number of hydrogen-bond acceptors (Lipinski definition) is 5. The average molecular weight is 418 g/mol. The van der Waals surface area contributed by atoms with E-state index in [-0.39, 0.29) is 17.6 Å². The van der Waals surface area contributed by atoms with Gasteiger partial charge < -0.3 is 14.8 Å². The summed E-state index contributed by atoms with van der Waals surface area (Å²) in [7, 11) is -0.101. The lowest BCUT2D eigenvalue weighted by atomic mass is 10.1. The van der Waals surface area contributed by atoms with Gasteiger partial charge in [0.15, 0.2) is 9.84 Å². The summed E-state index contributed by atoms with van der Waals surface area (Å²) in [5, 5.41) is 2.54. The van der Waals surface area contributed by atoms with Crippen molar-refractivity contribution in [1.29, 1.82) is 0 Å². The van der Waals surface area contributed by atoms with Crippen LogP contribution in [0, 0.1) is 0 Å². The van der Waals surface area contributed by atoms with Crippen molar-refractivity contribution in [2.75, 3.05) is 19.5 Å². The van der Waals surface area contributed by atoms with Gasteiger partial charge >= 0.3 is 0 Å². The summed E-state index contributed by atoms with van der Waals surface area (Å²) in [4.78, 5) is 12.7. The molecule has 0 aliphatic heterocycles. The molecule has 0 spiro atoms. The maximum Gasteiger partial charge on any atom is 0.224 e. The van der Waals surface area contributed by atoms with Crippen LogP contribution < -0.4 is 14.8 Å². The van der Waals surface area contributed by atoms with Gasteiger partial charge in [0.2, 0.25) is 5.91 Å². The SMILES string of the molecule is COc1ccc(OC)c(CCC(=O)Nc2ccc(S(=O)(=O)C3CCCC3)cc2)c1. The second-order valence-corrected chi connectivity index (χ2v) is 9.43. The predicted molar refractivity (Wildman–Crippen MR) is 112 cm³/mol. The average Bonchev–Trinajstić information content (AvgIpc) is 3.28. The minimum absolute atomic E-state index is 0.152. The van der Waals surface area contributed by atoms with Crippen molar-refractivity contribution >= 4 is 21.4 Å². The van der Waals surface area contributed by atoms with Crippen LogP contribution in [-0.4, -0.2) is 33.8 Å². The summed E-state index contributed by atoms with van der Waals surface area (Å²) in [6.45, 7) is 0. The fraction of sp³-hybridized carbons (Fsp3) is 0.409. The molecule has 0 heterocycles. The fourth-order valence-electron chi connectivity index (χ4n) is 3.67. The number of hydrogen-bond donors (Lipinski definition) is 1. The van der Waals surface area contributed by atoms with Gasteiger partial charge in [-0.15, -0.1) is 0 Å². The van der Waals surface area contributed by atoms with Gasteiger partial charge in [-0.25, -0.2) is 8.42 Å². The minimum atomic E-state index is -3.28. The predicted octanol–water partition coefficient (Wildman–Crippen LogP) is 3.99. The molecule has 0 bridgehead atoms. The van der Waals surface area contributed by atoms with E-state index in [9.17, 15) is 13.2 Å². The van der Waals surface area contributed by atoms with Gasteiger partial charge in [-0.05, 0) is 67.3 Å². The third kappa shape index (κ3) is 5.09. The quantitative estimate of drug-likeness (QED) is 0.702. The Labute approximate surface area is 172 Å². The molecule has 1 saturated carbocycles.